The maximum Gasteiger partial charge on any atom is 0.335 e. The van der Waals surface area contributed by atoms with Gasteiger partial charge in [-0.05, 0) is 54.7 Å². The van der Waals surface area contributed by atoms with Gasteiger partial charge in [-0.25, -0.2) is 19.2 Å². The van der Waals surface area contributed by atoms with Crippen molar-refractivity contribution in [3.63, 3.8) is 0 Å². The summed E-state index contributed by atoms with van der Waals surface area (Å²) < 4.78 is 21.9. The maximum atomic E-state index is 15.1. The van der Waals surface area contributed by atoms with E-state index in [1.807, 2.05) is 4.57 Å². The number of halogens is 1. The first-order valence-electron chi connectivity index (χ1n) is 10.6. The second-order valence-electron chi connectivity index (χ2n) is 8.13. The molecular weight excluding hydrogens is 423 g/mol. The molecule has 0 aliphatic heterocycles. The Morgan fingerprint density at radius 1 is 1.18 bits per heavy atom. The molecule has 1 aliphatic carbocycles. The van der Waals surface area contributed by atoms with Crippen LogP contribution in [0.15, 0.2) is 54.6 Å². The lowest BCUT2D eigenvalue weighted by molar-refractivity contribution is 0.0697. The average Bonchev–Trinajstić information content (AvgIpc) is 3.57. The number of nitriles is 1. The van der Waals surface area contributed by atoms with Gasteiger partial charge in [0.1, 0.15) is 11.6 Å². The number of pyridine rings is 1. The normalized spacial score (nSPS) is 13.1. The summed E-state index contributed by atoms with van der Waals surface area (Å²) in [5.74, 6) is 0.00717. The van der Waals surface area contributed by atoms with Crippen molar-refractivity contribution in [1.82, 2.24) is 14.5 Å². The highest BCUT2D eigenvalue weighted by Crippen LogP contribution is 2.33. The van der Waals surface area contributed by atoms with Gasteiger partial charge < -0.3 is 14.4 Å². The van der Waals surface area contributed by atoms with E-state index in [0.29, 0.717) is 34.1 Å². The molecule has 1 fully saturated rings. The third-order valence-corrected chi connectivity index (χ3v) is 5.78. The van der Waals surface area contributed by atoms with E-state index in [1.165, 1.54) is 12.1 Å². The van der Waals surface area contributed by atoms with Crippen LogP contribution in [0.2, 0.25) is 0 Å². The molecule has 2 heterocycles. The third-order valence-electron chi connectivity index (χ3n) is 5.78. The number of aromatic nitrogens is 3. The predicted molar refractivity (Wildman–Crippen MR) is 118 cm³/mol. The molecule has 0 saturated heterocycles. The summed E-state index contributed by atoms with van der Waals surface area (Å²) in [4.78, 5) is 20.3. The quantitative estimate of drug-likeness (QED) is 0.413. The van der Waals surface area contributed by atoms with Gasteiger partial charge in [-0.15, -0.1) is 5.26 Å². The second-order valence-corrected chi connectivity index (χ2v) is 8.13. The van der Waals surface area contributed by atoms with Crippen LogP contribution in [-0.4, -0.2) is 25.6 Å². The summed E-state index contributed by atoms with van der Waals surface area (Å²) in [5.41, 5.74) is 3.21. The number of rotatable bonds is 7. The smallest absolute Gasteiger partial charge is 0.335 e. The Balaban J connectivity index is 1.48. The van der Waals surface area contributed by atoms with Crippen LogP contribution >= 0.6 is 0 Å². The summed E-state index contributed by atoms with van der Waals surface area (Å²) in [6.07, 6.45) is 4.11. The van der Waals surface area contributed by atoms with E-state index in [1.54, 1.807) is 48.7 Å². The number of benzene rings is 2. The average molecular weight is 442 g/mol. The number of nitrogens with zero attached hydrogens (tertiary/aromatic N) is 4. The van der Waals surface area contributed by atoms with Gasteiger partial charge in [-0.3, -0.25) is 0 Å². The van der Waals surface area contributed by atoms with Crippen molar-refractivity contribution >= 4 is 17.0 Å². The zero-order valence-corrected chi connectivity index (χ0v) is 17.5. The topological polar surface area (TPSA) is 101 Å². The van der Waals surface area contributed by atoms with Crippen LogP contribution in [0.1, 0.15) is 34.6 Å². The van der Waals surface area contributed by atoms with Gasteiger partial charge in [-0.1, -0.05) is 18.2 Å². The molecule has 2 aromatic carbocycles. The number of fused-ring (bicyclic) bond motifs is 1. The Hall–Kier alpha value is -4.25. The molecule has 7 nitrogen and oxygen atoms in total. The molecule has 4 aromatic rings. The molecule has 164 valence electrons. The monoisotopic (exact) mass is 442 g/mol. The number of hydrogen-bond donors (Lipinski definition) is 1. The van der Waals surface area contributed by atoms with Crippen molar-refractivity contribution in [1.29, 1.82) is 5.26 Å². The molecular formula is C25H19FN4O3. The van der Waals surface area contributed by atoms with Crippen LogP contribution in [0, 0.1) is 23.3 Å². The van der Waals surface area contributed by atoms with Gasteiger partial charge in [0.25, 0.3) is 6.26 Å². The molecule has 5 rings (SSSR count). The maximum absolute atomic E-state index is 15.1. The van der Waals surface area contributed by atoms with Crippen LogP contribution in [0.5, 0.6) is 5.88 Å². The van der Waals surface area contributed by atoms with Gasteiger partial charge in [0.2, 0.25) is 5.88 Å². The van der Waals surface area contributed by atoms with Crippen molar-refractivity contribution < 1.29 is 19.0 Å². The molecule has 1 aliphatic rings. The van der Waals surface area contributed by atoms with Gasteiger partial charge in [0, 0.05) is 24.6 Å². The largest absolute Gasteiger partial charge is 0.478 e. The second kappa shape index (κ2) is 8.36. The van der Waals surface area contributed by atoms with Crippen LogP contribution in [0.25, 0.3) is 22.3 Å². The molecule has 0 bridgehead atoms. The van der Waals surface area contributed by atoms with E-state index >= 15 is 4.39 Å². The Kier molecular flexibility index (Phi) is 5.23. The van der Waals surface area contributed by atoms with Gasteiger partial charge in [0.05, 0.1) is 22.3 Å². The molecule has 1 saturated carbocycles. The number of carbonyl (C=O) groups is 1. The highest BCUT2D eigenvalue weighted by molar-refractivity contribution is 5.92. The highest BCUT2D eigenvalue weighted by atomic mass is 19.1. The molecule has 1 N–H and O–H groups in total. The SMILES string of the molecule is N#COc1cccc(-c2ccc(Cc3nc4ccc(C(=O)O)cc4n3CC3CC3)c(F)c2)n1. The van der Waals surface area contributed by atoms with Crippen molar-refractivity contribution in [2.45, 2.75) is 25.8 Å². The molecule has 2 aromatic heterocycles. The summed E-state index contributed by atoms with van der Waals surface area (Å²) in [5, 5.41) is 18.0. The number of aromatic carboxylic acids is 1. The van der Waals surface area contributed by atoms with Crippen LogP contribution in [0.3, 0.4) is 0 Å². The van der Waals surface area contributed by atoms with E-state index in [-0.39, 0.29) is 17.9 Å². The number of imidazole rings is 1. The number of hydrogen-bond acceptors (Lipinski definition) is 5. The summed E-state index contributed by atoms with van der Waals surface area (Å²) in [6, 6.07) is 14.7. The summed E-state index contributed by atoms with van der Waals surface area (Å²) in [6.45, 7) is 0.740. The minimum atomic E-state index is -0.989. The minimum absolute atomic E-state index is 0.147. The van der Waals surface area contributed by atoms with E-state index in [4.69, 9.17) is 10.00 Å². The predicted octanol–water partition coefficient (Wildman–Crippen LogP) is 4.80. The molecule has 0 radical (unpaired) electrons. The Labute approximate surface area is 188 Å². The molecule has 8 heteroatoms. The lowest BCUT2D eigenvalue weighted by Gasteiger charge is -2.10. The first kappa shape index (κ1) is 20.6. The first-order chi connectivity index (χ1) is 16.0. The van der Waals surface area contributed by atoms with E-state index < -0.39 is 11.8 Å². The fourth-order valence-corrected chi connectivity index (χ4v) is 3.90. The summed E-state index contributed by atoms with van der Waals surface area (Å²) >= 11 is 0. The van der Waals surface area contributed by atoms with E-state index in [9.17, 15) is 9.90 Å². The molecule has 0 amide bonds. The Morgan fingerprint density at radius 2 is 2.03 bits per heavy atom. The van der Waals surface area contributed by atoms with Crippen LogP contribution in [0.4, 0.5) is 4.39 Å². The molecule has 33 heavy (non-hydrogen) atoms. The lowest BCUT2D eigenvalue weighted by Crippen LogP contribution is -2.07. The van der Waals surface area contributed by atoms with Gasteiger partial charge >= 0.3 is 5.97 Å². The number of carboxylic acid groups (broad SMARTS) is 1. The van der Waals surface area contributed by atoms with Gasteiger partial charge in [0.15, 0.2) is 0 Å². The van der Waals surface area contributed by atoms with E-state index in [0.717, 1.165) is 24.9 Å². The molecule has 0 unspecified atom stereocenters. The number of carboxylic acids is 1. The van der Waals surface area contributed by atoms with Crippen molar-refractivity contribution in [2.75, 3.05) is 0 Å². The molecule has 0 spiro atoms. The van der Waals surface area contributed by atoms with Crippen molar-refractivity contribution in [2.24, 2.45) is 5.92 Å². The Morgan fingerprint density at radius 3 is 2.76 bits per heavy atom. The fourth-order valence-electron chi connectivity index (χ4n) is 3.90. The zero-order chi connectivity index (χ0) is 22.9. The highest BCUT2D eigenvalue weighted by Gasteiger charge is 2.25. The first-order valence-corrected chi connectivity index (χ1v) is 10.6. The van der Waals surface area contributed by atoms with Crippen LogP contribution in [-0.2, 0) is 13.0 Å². The van der Waals surface area contributed by atoms with Gasteiger partial charge in [-0.2, -0.15) is 0 Å². The standard InChI is InChI=1S/C25H19FN4O3/c26-19-10-17(20-2-1-3-24(29-20)33-14-27)7-6-16(19)12-23-28-21-9-8-18(25(31)32)11-22(21)30(23)13-15-4-5-15/h1-3,6-11,15H,4-5,12-13H2,(H,31,32). The molecule has 0 atom stereocenters. The minimum Gasteiger partial charge on any atom is -0.478 e. The fraction of sp³-hybridized carbons (Fsp3) is 0.200. The lowest BCUT2D eigenvalue weighted by atomic mass is 10.1. The third kappa shape index (κ3) is 4.26. The summed E-state index contributed by atoms with van der Waals surface area (Å²) in [7, 11) is 0. The van der Waals surface area contributed by atoms with Crippen molar-refractivity contribution in [3.05, 3.63) is 77.4 Å². The van der Waals surface area contributed by atoms with Crippen LogP contribution < -0.4 is 4.74 Å². The Bertz CT molecular complexity index is 1420. The number of ether oxygens (including phenoxy) is 1. The zero-order valence-electron chi connectivity index (χ0n) is 17.5. The van der Waals surface area contributed by atoms with E-state index in [2.05, 4.69) is 9.97 Å². The van der Waals surface area contributed by atoms with Crippen molar-refractivity contribution in [3.8, 4) is 23.4 Å².